The van der Waals surface area contributed by atoms with Gasteiger partial charge in [0.2, 0.25) is 10.0 Å². The van der Waals surface area contributed by atoms with Gasteiger partial charge < -0.3 is 15.2 Å². The second kappa shape index (κ2) is 7.60. The Morgan fingerprint density at radius 3 is 2.50 bits per heavy atom. The van der Waals surface area contributed by atoms with Crippen molar-refractivity contribution in [1.29, 1.82) is 0 Å². The monoisotopic (exact) mass is 376 g/mol. The molecule has 0 aromatic carbocycles. The van der Waals surface area contributed by atoms with Crippen molar-refractivity contribution in [2.45, 2.75) is 24.8 Å². The van der Waals surface area contributed by atoms with E-state index in [-0.39, 0.29) is 28.8 Å². The number of morpholine rings is 1. The molecule has 0 saturated carbocycles. The maximum atomic E-state index is 12.5. The Balaban J connectivity index is 2.14. The van der Waals surface area contributed by atoms with Crippen molar-refractivity contribution in [3.63, 3.8) is 0 Å². The molecular weight excluding hydrogens is 356 g/mol. The maximum absolute atomic E-state index is 12.5. The summed E-state index contributed by atoms with van der Waals surface area (Å²) in [7, 11) is -3.67. The van der Waals surface area contributed by atoms with E-state index in [4.69, 9.17) is 9.84 Å². The molecule has 1 aromatic rings. The average molecular weight is 376 g/mol. The fourth-order valence-corrected chi connectivity index (χ4v) is 4.81. The molecule has 1 fully saturated rings. The van der Waals surface area contributed by atoms with E-state index in [2.05, 4.69) is 5.32 Å². The summed E-state index contributed by atoms with van der Waals surface area (Å²) in [4.78, 5) is 23.5. The largest absolute Gasteiger partial charge is 0.480 e. The fourth-order valence-electron chi connectivity index (χ4n) is 2.24. The van der Waals surface area contributed by atoms with Gasteiger partial charge in [0.05, 0.1) is 23.0 Å². The van der Waals surface area contributed by atoms with Gasteiger partial charge in [0.25, 0.3) is 5.91 Å². The Labute approximate surface area is 144 Å². The number of hydrogen-bond acceptors (Lipinski definition) is 6. The number of hydrogen-bond donors (Lipinski definition) is 2. The lowest BCUT2D eigenvalue weighted by molar-refractivity contribution is -0.140. The summed E-state index contributed by atoms with van der Waals surface area (Å²) in [5, 5.41) is 12.9. The number of carboxylic acid groups (broad SMARTS) is 1. The van der Waals surface area contributed by atoms with Crippen LogP contribution in [-0.4, -0.2) is 62.1 Å². The summed E-state index contributed by atoms with van der Waals surface area (Å²) in [5.41, 5.74) is 0. The molecule has 1 atom stereocenters. The molecule has 24 heavy (non-hydrogen) atoms. The van der Waals surface area contributed by atoms with E-state index in [0.29, 0.717) is 13.2 Å². The Hall–Kier alpha value is -1.49. The number of amides is 1. The fraction of sp³-hybridized carbons (Fsp3) is 0.571. The standard InChI is InChI=1S/C14H20N2O6S2/c1-9(2)12(14(18)19)15-13(17)11-7-10(8-23-11)24(20,21)16-3-5-22-6-4-16/h7-9,12H,3-6H2,1-2H3,(H,15,17)(H,18,19). The van der Waals surface area contributed by atoms with Crippen LogP contribution in [0.5, 0.6) is 0 Å². The molecule has 2 heterocycles. The Kier molecular flexibility index (Phi) is 5.97. The third-order valence-electron chi connectivity index (χ3n) is 3.63. The minimum Gasteiger partial charge on any atom is -0.480 e. The molecule has 0 radical (unpaired) electrons. The highest BCUT2D eigenvalue weighted by Gasteiger charge is 2.29. The first-order valence-electron chi connectivity index (χ1n) is 7.43. The van der Waals surface area contributed by atoms with Gasteiger partial charge in [-0.2, -0.15) is 4.31 Å². The second-order valence-corrected chi connectivity index (χ2v) is 8.55. The second-order valence-electron chi connectivity index (χ2n) is 5.70. The van der Waals surface area contributed by atoms with Gasteiger partial charge in [-0.15, -0.1) is 11.3 Å². The summed E-state index contributed by atoms with van der Waals surface area (Å²) in [6.45, 7) is 4.59. The summed E-state index contributed by atoms with van der Waals surface area (Å²) in [6.07, 6.45) is 0. The molecule has 2 rings (SSSR count). The Morgan fingerprint density at radius 2 is 1.96 bits per heavy atom. The number of ether oxygens (including phenoxy) is 1. The van der Waals surface area contributed by atoms with E-state index in [0.717, 1.165) is 11.3 Å². The first kappa shape index (κ1) is 18.8. The zero-order valence-corrected chi connectivity index (χ0v) is 15.0. The van der Waals surface area contributed by atoms with Crippen LogP contribution in [0.2, 0.25) is 0 Å². The van der Waals surface area contributed by atoms with Crippen molar-refractivity contribution in [3.8, 4) is 0 Å². The summed E-state index contributed by atoms with van der Waals surface area (Å²) >= 11 is 0.972. The van der Waals surface area contributed by atoms with Gasteiger partial charge in [0, 0.05) is 18.5 Å². The van der Waals surface area contributed by atoms with Crippen LogP contribution in [0.3, 0.4) is 0 Å². The van der Waals surface area contributed by atoms with Crippen molar-refractivity contribution in [2.75, 3.05) is 26.3 Å². The van der Waals surface area contributed by atoms with Crippen LogP contribution in [0.1, 0.15) is 23.5 Å². The Bertz CT molecular complexity index is 707. The highest BCUT2D eigenvalue weighted by atomic mass is 32.2. The molecule has 0 aliphatic carbocycles. The molecule has 1 aliphatic heterocycles. The van der Waals surface area contributed by atoms with Crippen LogP contribution in [0.4, 0.5) is 0 Å². The highest BCUT2D eigenvalue weighted by Crippen LogP contribution is 2.23. The van der Waals surface area contributed by atoms with E-state index in [1.54, 1.807) is 13.8 Å². The van der Waals surface area contributed by atoms with E-state index < -0.39 is 27.9 Å². The van der Waals surface area contributed by atoms with Gasteiger partial charge in [-0.3, -0.25) is 4.79 Å². The minimum absolute atomic E-state index is 0.0379. The molecule has 1 unspecified atom stereocenters. The number of carboxylic acids is 1. The molecule has 1 saturated heterocycles. The summed E-state index contributed by atoms with van der Waals surface area (Å²) < 4.78 is 31.5. The average Bonchev–Trinajstić information content (AvgIpc) is 3.03. The van der Waals surface area contributed by atoms with Crippen LogP contribution in [0, 0.1) is 5.92 Å². The highest BCUT2D eigenvalue weighted by molar-refractivity contribution is 7.89. The molecule has 8 nitrogen and oxygen atoms in total. The predicted molar refractivity (Wildman–Crippen MR) is 87.6 cm³/mol. The number of aliphatic carboxylic acids is 1. The normalized spacial score (nSPS) is 17.6. The third kappa shape index (κ3) is 4.12. The van der Waals surface area contributed by atoms with Crippen molar-refractivity contribution in [2.24, 2.45) is 5.92 Å². The van der Waals surface area contributed by atoms with Crippen LogP contribution in [0.25, 0.3) is 0 Å². The SMILES string of the molecule is CC(C)C(NC(=O)c1cc(S(=O)(=O)N2CCOCC2)cs1)C(=O)O. The van der Waals surface area contributed by atoms with Gasteiger partial charge >= 0.3 is 5.97 Å². The van der Waals surface area contributed by atoms with E-state index in [1.165, 1.54) is 15.8 Å². The zero-order chi connectivity index (χ0) is 17.9. The molecule has 1 aliphatic rings. The van der Waals surface area contributed by atoms with Crippen molar-refractivity contribution in [3.05, 3.63) is 16.3 Å². The van der Waals surface area contributed by atoms with E-state index >= 15 is 0 Å². The summed E-state index contributed by atoms with van der Waals surface area (Å²) in [5.74, 6) is -2.01. The number of sulfonamides is 1. The molecule has 0 spiro atoms. The number of carbonyl (C=O) groups excluding carboxylic acids is 1. The maximum Gasteiger partial charge on any atom is 0.326 e. The zero-order valence-electron chi connectivity index (χ0n) is 13.4. The van der Waals surface area contributed by atoms with E-state index in [1.807, 2.05) is 0 Å². The van der Waals surface area contributed by atoms with Gasteiger partial charge in [-0.25, -0.2) is 13.2 Å². The molecule has 134 valence electrons. The lowest BCUT2D eigenvalue weighted by Crippen LogP contribution is -2.44. The number of nitrogens with one attached hydrogen (secondary N) is 1. The third-order valence-corrected chi connectivity index (χ3v) is 6.58. The molecule has 10 heteroatoms. The molecular formula is C14H20N2O6S2. The van der Waals surface area contributed by atoms with Gasteiger partial charge in [-0.05, 0) is 12.0 Å². The van der Waals surface area contributed by atoms with Crippen molar-refractivity contribution in [1.82, 2.24) is 9.62 Å². The van der Waals surface area contributed by atoms with Crippen LogP contribution < -0.4 is 5.32 Å². The van der Waals surface area contributed by atoms with Crippen LogP contribution in [-0.2, 0) is 19.6 Å². The molecule has 1 aromatic heterocycles. The van der Waals surface area contributed by atoms with Gasteiger partial charge in [0.1, 0.15) is 6.04 Å². The lowest BCUT2D eigenvalue weighted by atomic mass is 10.0. The van der Waals surface area contributed by atoms with Crippen LogP contribution in [0.15, 0.2) is 16.3 Å². The predicted octanol–water partition coefficient (Wildman–Crippen LogP) is 0.608. The smallest absolute Gasteiger partial charge is 0.326 e. The number of nitrogens with zero attached hydrogens (tertiary/aromatic N) is 1. The first-order chi connectivity index (χ1) is 11.2. The van der Waals surface area contributed by atoms with Gasteiger partial charge in [-0.1, -0.05) is 13.8 Å². The summed E-state index contributed by atoms with van der Waals surface area (Å²) in [6, 6.07) is 0.253. The number of thiophene rings is 1. The number of rotatable bonds is 6. The molecule has 0 bridgehead atoms. The Morgan fingerprint density at radius 1 is 1.33 bits per heavy atom. The number of carbonyl (C=O) groups is 2. The lowest BCUT2D eigenvalue weighted by Gasteiger charge is -2.25. The van der Waals surface area contributed by atoms with Gasteiger partial charge in [0.15, 0.2) is 0 Å². The van der Waals surface area contributed by atoms with Crippen molar-refractivity contribution < 1.29 is 27.9 Å². The topological polar surface area (TPSA) is 113 Å². The van der Waals surface area contributed by atoms with E-state index in [9.17, 15) is 18.0 Å². The molecule has 2 N–H and O–H groups in total. The van der Waals surface area contributed by atoms with Crippen LogP contribution >= 0.6 is 11.3 Å². The minimum atomic E-state index is -3.67. The quantitative estimate of drug-likeness (QED) is 0.752. The van der Waals surface area contributed by atoms with Crippen molar-refractivity contribution >= 4 is 33.2 Å². The first-order valence-corrected chi connectivity index (χ1v) is 9.75. The molecule has 1 amide bonds.